The van der Waals surface area contributed by atoms with Crippen molar-refractivity contribution in [1.82, 2.24) is 9.55 Å². The van der Waals surface area contributed by atoms with E-state index in [9.17, 15) is 4.79 Å². The SMILES string of the molecule is CC(CNc1nccn(C(C)C)c1=O)C1CC1. The Bertz CT molecular complexity index is 435. The summed E-state index contributed by atoms with van der Waals surface area (Å²) in [6.07, 6.45) is 6.09. The lowest BCUT2D eigenvalue weighted by atomic mass is 10.1. The zero-order valence-electron chi connectivity index (χ0n) is 10.8. The molecule has 4 nitrogen and oxygen atoms in total. The molecule has 94 valence electrons. The van der Waals surface area contributed by atoms with Crippen molar-refractivity contribution in [1.29, 1.82) is 0 Å². The second-order valence-corrected chi connectivity index (χ2v) is 5.28. The van der Waals surface area contributed by atoms with E-state index in [-0.39, 0.29) is 11.6 Å². The maximum Gasteiger partial charge on any atom is 0.293 e. The smallest absolute Gasteiger partial charge is 0.293 e. The van der Waals surface area contributed by atoms with Gasteiger partial charge in [-0.15, -0.1) is 0 Å². The highest BCUT2D eigenvalue weighted by Crippen LogP contribution is 2.36. The van der Waals surface area contributed by atoms with E-state index in [2.05, 4.69) is 17.2 Å². The van der Waals surface area contributed by atoms with E-state index in [1.54, 1.807) is 17.0 Å². The van der Waals surface area contributed by atoms with E-state index in [0.717, 1.165) is 12.5 Å². The molecule has 1 heterocycles. The number of hydrogen-bond donors (Lipinski definition) is 1. The highest BCUT2D eigenvalue weighted by atomic mass is 16.1. The number of hydrogen-bond acceptors (Lipinski definition) is 3. The summed E-state index contributed by atoms with van der Waals surface area (Å²) in [5.74, 6) is 1.95. The molecule has 0 spiro atoms. The van der Waals surface area contributed by atoms with Crippen molar-refractivity contribution in [2.24, 2.45) is 11.8 Å². The second-order valence-electron chi connectivity index (χ2n) is 5.28. The fourth-order valence-electron chi connectivity index (χ4n) is 2.04. The lowest BCUT2D eigenvalue weighted by Crippen LogP contribution is -2.27. The van der Waals surface area contributed by atoms with Crippen LogP contribution in [0.4, 0.5) is 5.82 Å². The zero-order chi connectivity index (χ0) is 12.4. The maximum atomic E-state index is 12.0. The minimum atomic E-state index is -0.0227. The number of rotatable bonds is 5. The molecule has 1 N–H and O–H groups in total. The van der Waals surface area contributed by atoms with Gasteiger partial charge in [0.25, 0.3) is 5.56 Å². The second kappa shape index (κ2) is 4.90. The highest BCUT2D eigenvalue weighted by molar-refractivity contribution is 5.31. The van der Waals surface area contributed by atoms with Crippen LogP contribution in [-0.2, 0) is 0 Å². The van der Waals surface area contributed by atoms with Gasteiger partial charge in [-0.25, -0.2) is 4.98 Å². The zero-order valence-corrected chi connectivity index (χ0v) is 10.8. The van der Waals surface area contributed by atoms with Gasteiger partial charge in [0.2, 0.25) is 0 Å². The molecule has 0 saturated heterocycles. The van der Waals surface area contributed by atoms with E-state index in [1.807, 2.05) is 13.8 Å². The predicted molar refractivity (Wildman–Crippen MR) is 69.3 cm³/mol. The fourth-order valence-corrected chi connectivity index (χ4v) is 2.04. The topological polar surface area (TPSA) is 46.9 Å². The van der Waals surface area contributed by atoms with Gasteiger partial charge < -0.3 is 9.88 Å². The first kappa shape index (κ1) is 12.1. The number of nitrogens with one attached hydrogen (secondary N) is 1. The minimum absolute atomic E-state index is 0.0227. The standard InChI is InChI=1S/C13H21N3O/c1-9(2)16-7-6-14-12(13(16)17)15-8-10(3)11-4-5-11/h6-7,9-11H,4-5,8H2,1-3H3,(H,14,15). The van der Waals surface area contributed by atoms with Crippen molar-refractivity contribution >= 4 is 5.82 Å². The van der Waals surface area contributed by atoms with E-state index in [0.29, 0.717) is 11.7 Å². The van der Waals surface area contributed by atoms with Gasteiger partial charge in [0, 0.05) is 25.0 Å². The third-order valence-electron chi connectivity index (χ3n) is 3.44. The highest BCUT2D eigenvalue weighted by Gasteiger charge is 2.27. The van der Waals surface area contributed by atoms with Crippen LogP contribution >= 0.6 is 0 Å². The first-order chi connectivity index (χ1) is 8.09. The summed E-state index contributed by atoms with van der Waals surface area (Å²) in [6, 6.07) is 0.173. The van der Waals surface area contributed by atoms with Gasteiger partial charge in [-0.05, 0) is 38.5 Å². The van der Waals surface area contributed by atoms with Crippen molar-refractivity contribution in [3.63, 3.8) is 0 Å². The maximum absolute atomic E-state index is 12.0. The molecule has 1 aliphatic rings. The van der Waals surface area contributed by atoms with Gasteiger partial charge in [-0.3, -0.25) is 4.79 Å². The van der Waals surface area contributed by atoms with Gasteiger partial charge in [0.1, 0.15) is 0 Å². The number of aromatic nitrogens is 2. The molecule has 2 rings (SSSR count). The van der Waals surface area contributed by atoms with E-state index in [1.165, 1.54) is 12.8 Å². The lowest BCUT2D eigenvalue weighted by molar-refractivity contribution is 0.533. The van der Waals surface area contributed by atoms with Gasteiger partial charge in [0.05, 0.1) is 0 Å². The van der Waals surface area contributed by atoms with E-state index in [4.69, 9.17) is 0 Å². The van der Waals surface area contributed by atoms with Crippen molar-refractivity contribution in [3.8, 4) is 0 Å². The third-order valence-corrected chi connectivity index (χ3v) is 3.44. The van der Waals surface area contributed by atoms with Gasteiger partial charge in [-0.2, -0.15) is 0 Å². The molecule has 1 saturated carbocycles. The summed E-state index contributed by atoms with van der Waals surface area (Å²) in [4.78, 5) is 16.2. The molecule has 0 radical (unpaired) electrons. The molecule has 1 aliphatic carbocycles. The van der Waals surface area contributed by atoms with Gasteiger partial charge in [-0.1, -0.05) is 6.92 Å². The van der Waals surface area contributed by atoms with Crippen LogP contribution in [0.2, 0.25) is 0 Å². The first-order valence-corrected chi connectivity index (χ1v) is 6.40. The summed E-state index contributed by atoms with van der Waals surface area (Å²) >= 11 is 0. The van der Waals surface area contributed by atoms with Crippen LogP contribution in [0.25, 0.3) is 0 Å². The summed E-state index contributed by atoms with van der Waals surface area (Å²) in [7, 11) is 0. The van der Waals surface area contributed by atoms with Crippen LogP contribution in [0.3, 0.4) is 0 Å². The molecule has 1 unspecified atom stereocenters. The molecule has 4 heteroatoms. The Labute approximate surface area is 102 Å². The van der Waals surface area contributed by atoms with Crippen LogP contribution in [0.1, 0.15) is 39.7 Å². The fraction of sp³-hybridized carbons (Fsp3) is 0.692. The van der Waals surface area contributed by atoms with Crippen LogP contribution < -0.4 is 10.9 Å². The number of anilines is 1. The molecule has 1 atom stereocenters. The van der Waals surface area contributed by atoms with Crippen molar-refractivity contribution in [2.75, 3.05) is 11.9 Å². The van der Waals surface area contributed by atoms with Crippen LogP contribution in [0.15, 0.2) is 17.2 Å². The third kappa shape index (κ3) is 2.87. The molecular weight excluding hydrogens is 214 g/mol. The molecule has 0 amide bonds. The molecule has 17 heavy (non-hydrogen) atoms. The quantitative estimate of drug-likeness (QED) is 0.851. The summed E-state index contributed by atoms with van der Waals surface area (Å²) in [5.41, 5.74) is -0.0227. The molecule has 0 aliphatic heterocycles. The average Bonchev–Trinajstić information content (AvgIpc) is 3.10. The summed E-state index contributed by atoms with van der Waals surface area (Å²) in [6.45, 7) is 7.07. The Kier molecular flexibility index (Phi) is 3.50. The van der Waals surface area contributed by atoms with E-state index >= 15 is 0 Å². The molecular formula is C13H21N3O. The van der Waals surface area contributed by atoms with E-state index < -0.39 is 0 Å². The molecule has 1 aromatic heterocycles. The Morgan fingerprint density at radius 2 is 2.18 bits per heavy atom. The Hall–Kier alpha value is -1.32. The number of nitrogens with zero attached hydrogens (tertiary/aromatic N) is 2. The Morgan fingerprint density at radius 1 is 1.47 bits per heavy atom. The Balaban J connectivity index is 2.05. The van der Waals surface area contributed by atoms with Gasteiger partial charge >= 0.3 is 0 Å². The van der Waals surface area contributed by atoms with Crippen molar-refractivity contribution in [2.45, 2.75) is 39.7 Å². The average molecular weight is 235 g/mol. The largest absolute Gasteiger partial charge is 0.365 e. The van der Waals surface area contributed by atoms with Crippen molar-refractivity contribution < 1.29 is 0 Å². The molecule has 1 fully saturated rings. The van der Waals surface area contributed by atoms with Crippen LogP contribution in [0, 0.1) is 11.8 Å². The molecule has 0 aromatic carbocycles. The van der Waals surface area contributed by atoms with Gasteiger partial charge in [0.15, 0.2) is 5.82 Å². The summed E-state index contributed by atoms with van der Waals surface area (Å²) in [5, 5.41) is 3.18. The minimum Gasteiger partial charge on any atom is -0.365 e. The normalized spacial score (nSPS) is 17.2. The van der Waals surface area contributed by atoms with Crippen LogP contribution in [0.5, 0.6) is 0 Å². The summed E-state index contributed by atoms with van der Waals surface area (Å²) < 4.78 is 1.71. The predicted octanol–water partition coefficient (Wildman–Crippen LogP) is 2.28. The lowest BCUT2D eigenvalue weighted by Gasteiger charge is -2.14. The monoisotopic (exact) mass is 235 g/mol. The van der Waals surface area contributed by atoms with Crippen molar-refractivity contribution in [3.05, 3.63) is 22.7 Å². The first-order valence-electron chi connectivity index (χ1n) is 6.40. The Morgan fingerprint density at radius 3 is 2.76 bits per heavy atom. The molecule has 0 bridgehead atoms. The molecule has 1 aromatic rings. The van der Waals surface area contributed by atoms with Crippen LogP contribution in [-0.4, -0.2) is 16.1 Å².